The molecule has 1 heterocycles. The van der Waals surface area contributed by atoms with Gasteiger partial charge >= 0.3 is 11.9 Å². The Kier molecular flexibility index (Phi) is 4.02. The molecular formula is C12H21NO5. The van der Waals surface area contributed by atoms with Crippen LogP contribution in [-0.2, 0) is 19.1 Å². The number of hydrogen-bond acceptors (Lipinski definition) is 5. The summed E-state index contributed by atoms with van der Waals surface area (Å²) >= 11 is 0. The average molecular weight is 259 g/mol. The number of ether oxygens (including phenoxy) is 2. The van der Waals surface area contributed by atoms with E-state index in [0.717, 1.165) is 0 Å². The third-order valence-corrected chi connectivity index (χ3v) is 3.53. The van der Waals surface area contributed by atoms with E-state index in [1.807, 2.05) is 13.8 Å². The summed E-state index contributed by atoms with van der Waals surface area (Å²) in [4.78, 5) is 22.5. The Morgan fingerprint density at radius 2 is 1.83 bits per heavy atom. The molecule has 1 aliphatic rings. The molecule has 18 heavy (non-hydrogen) atoms. The second-order valence-electron chi connectivity index (χ2n) is 5.91. The normalized spacial score (nSPS) is 28.8. The highest BCUT2D eigenvalue weighted by molar-refractivity contribution is 5.74. The van der Waals surface area contributed by atoms with Gasteiger partial charge < -0.3 is 19.7 Å². The molecule has 104 valence electrons. The number of hydroxylamine groups is 2. The molecule has 1 aliphatic heterocycles. The lowest BCUT2D eigenvalue weighted by Crippen LogP contribution is -3.19. The van der Waals surface area contributed by atoms with Gasteiger partial charge in [0.25, 0.3) is 0 Å². The highest BCUT2D eigenvalue weighted by Gasteiger charge is 2.55. The van der Waals surface area contributed by atoms with Crippen LogP contribution in [0.1, 0.15) is 41.0 Å². The number of hydrogen-bond donors (Lipinski definition) is 1. The van der Waals surface area contributed by atoms with Gasteiger partial charge in [0.1, 0.15) is 11.5 Å². The fourth-order valence-corrected chi connectivity index (χ4v) is 2.54. The maximum atomic E-state index is 12.2. The molecule has 1 rings (SSSR count). The van der Waals surface area contributed by atoms with E-state index < -0.39 is 35.7 Å². The van der Waals surface area contributed by atoms with Gasteiger partial charge in [-0.05, 0) is 27.7 Å². The minimum Gasteiger partial charge on any atom is -0.634 e. The van der Waals surface area contributed by atoms with Crippen molar-refractivity contribution in [2.75, 3.05) is 6.79 Å². The monoisotopic (exact) mass is 259 g/mol. The summed E-state index contributed by atoms with van der Waals surface area (Å²) in [5.41, 5.74) is -1.26. The van der Waals surface area contributed by atoms with E-state index in [1.54, 1.807) is 13.8 Å². The van der Waals surface area contributed by atoms with Crippen LogP contribution in [0.4, 0.5) is 0 Å². The van der Waals surface area contributed by atoms with E-state index in [9.17, 15) is 14.8 Å². The second-order valence-corrected chi connectivity index (χ2v) is 5.91. The number of esters is 2. The predicted molar refractivity (Wildman–Crippen MR) is 63.3 cm³/mol. The first-order valence-electron chi connectivity index (χ1n) is 5.94. The van der Waals surface area contributed by atoms with Crippen molar-refractivity contribution in [1.29, 1.82) is 0 Å². The topological polar surface area (TPSA) is 80.1 Å². The Bertz CT molecular complexity index is 350. The molecule has 0 bridgehead atoms. The summed E-state index contributed by atoms with van der Waals surface area (Å²) in [6, 6.07) is 0. The average Bonchev–Trinajstić information content (AvgIpc) is 2.38. The summed E-state index contributed by atoms with van der Waals surface area (Å²) in [5.74, 6) is -1.49. The molecule has 0 aliphatic carbocycles. The molecule has 6 heteroatoms. The standard InChI is InChI=1S/C12H21NO5/c1-8(14)17-7-18-10(15)9-6-11(2,3)13(16)12(9,4)5/h9,13H,6-7H2,1-5H3. The third-order valence-electron chi connectivity index (χ3n) is 3.53. The summed E-state index contributed by atoms with van der Waals surface area (Å²) in [7, 11) is 0. The Balaban J connectivity index is 2.66. The van der Waals surface area contributed by atoms with Crippen LogP contribution >= 0.6 is 0 Å². The van der Waals surface area contributed by atoms with Crippen LogP contribution in [0, 0.1) is 11.1 Å². The summed E-state index contributed by atoms with van der Waals surface area (Å²) in [6.07, 6.45) is 0.456. The minimum atomic E-state index is -0.739. The number of carbonyl (C=O) groups is 2. The number of rotatable bonds is 3. The SMILES string of the molecule is CC(=O)OCOC(=O)C1CC(C)(C)[NH+]([O-])C1(C)C. The minimum absolute atomic E-state index is 0.0597. The Morgan fingerprint density at radius 3 is 2.22 bits per heavy atom. The van der Waals surface area contributed by atoms with Gasteiger partial charge in [0.2, 0.25) is 6.79 Å². The van der Waals surface area contributed by atoms with Crippen molar-refractivity contribution in [2.24, 2.45) is 5.92 Å². The number of carbonyl (C=O) groups excluding carboxylic acids is 2. The fourth-order valence-electron chi connectivity index (χ4n) is 2.54. The number of quaternary nitrogens is 1. The molecule has 0 spiro atoms. The lowest BCUT2D eigenvalue weighted by Gasteiger charge is -2.41. The molecule has 0 aromatic rings. The first kappa shape index (κ1) is 14.9. The molecule has 2 unspecified atom stereocenters. The van der Waals surface area contributed by atoms with Crippen LogP contribution in [0.3, 0.4) is 0 Å². The maximum absolute atomic E-state index is 12.2. The first-order valence-corrected chi connectivity index (χ1v) is 5.94. The van der Waals surface area contributed by atoms with Crippen LogP contribution in [0.25, 0.3) is 0 Å². The smallest absolute Gasteiger partial charge is 0.318 e. The molecule has 1 saturated heterocycles. The quantitative estimate of drug-likeness (QED) is 0.439. The Labute approximate surface area is 107 Å². The predicted octanol–water partition coefficient (Wildman–Crippen LogP) is 0.0100. The molecule has 0 amide bonds. The van der Waals surface area contributed by atoms with Crippen molar-refractivity contribution in [3.05, 3.63) is 5.21 Å². The lowest BCUT2D eigenvalue weighted by molar-refractivity contribution is -0.933. The van der Waals surface area contributed by atoms with Crippen molar-refractivity contribution in [3.63, 3.8) is 0 Å². The highest BCUT2D eigenvalue weighted by Crippen LogP contribution is 2.31. The zero-order valence-electron chi connectivity index (χ0n) is 11.5. The van der Waals surface area contributed by atoms with Crippen molar-refractivity contribution in [3.8, 4) is 0 Å². The summed E-state index contributed by atoms with van der Waals surface area (Å²) in [6.45, 7) is 8.01. The molecule has 0 aromatic carbocycles. The lowest BCUT2D eigenvalue weighted by atomic mass is 9.87. The van der Waals surface area contributed by atoms with Crippen molar-refractivity contribution in [1.82, 2.24) is 0 Å². The van der Waals surface area contributed by atoms with Crippen LogP contribution in [0.5, 0.6) is 0 Å². The second kappa shape index (κ2) is 4.85. The van der Waals surface area contributed by atoms with E-state index >= 15 is 0 Å². The maximum Gasteiger partial charge on any atom is 0.318 e. The van der Waals surface area contributed by atoms with Gasteiger partial charge in [-0.15, -0.1) is 0 Å². The summed E-state index contributed by atoms with van der Waals surface area (Å²) in [5, 5.41) is 12.2. The zero-order valence-corrected chi connectivity index (χ0v) is 11.5. The van der Waals surface area contributed by atoms with Crippen molar-refractivity contribution >= 4 is 11.9 Å². The molecule has 2 atom stereocenters. The van der Waals surface area contributed by atoms with Crippen molar-refractivity contribution < 1.29 is 24.1 Å². The van der Waals surface area contributed by atoms with Gasteiger partial charge in [-0.25, -0.2) is 0 Å². The molecule has 1 N–H and O–H groups in total. The third kappa shape index (κ3) is 2.81. The number of nitrogens with one attached hydrogen (secondary N) is 1. The van der Waals surface area contributed by atoms with E-state index in [0.29, 0.717) is 6.42 Å². The largest absolute Gasteiger partial charge is 0.634 e. The van der Waals surface area contributed by atoms with Gasteiger partial charge in [0.05, 0.1) is 5.54 Å². The van der Waals surface area contributed by atoms with E-state index in [-0.39, 0.29) is 5.06 Å². The zero-order chi connectivity index (χ0) is 14.1. The summed E-state index contributed by atoms with van der Waals surface area (Å²) < 4.78 is 9.43. The fraction of sp³-hybridized carbons (Fsp3) is 0.833. The Morgan fingerprint density at radius 1 is 1.28 bits per heavy atom. The van der Waals surface area contributed by atoms with Gasteiger partial charge in [-0.3, -0.25) is 9.59 Å². The molecular weight excluding hydrogens is 238 g/mol. The van der Waals surface area contributed by atoms with Gasteiger partial charge in [0.15, 0.2) is 0 Å². The Hall–Kier alpha value is -1.14. The van der Waals surface area contributed by atoms with Crippen LogP contribution < -0.4 is 5.06 Å². The highest BCUT2D eigenvalue weighted by atomic mass is 16.7. The van der Waals surface area contributed by atoms with Gasteiger partial charge in [-0.1, -0.05) is 0 Å². The molecule has 0 radical (unpaired) electrons. The molecule has 0 aromatic heterocycles. The van der Waals surface area contributed by atoms with E-state index in [1.165, 1.54) is 6.92 Å². The first-order chi connectivity index (χ1) is 8.09. The van der Waals surface area contributed by atoms with Crippen LogP contribution in [-0.4, -0.2) is 29.8 Å². The van der Waals surface area contributed by atoms with Crippen molar-refractivity contribution in [2.45, 2.75) is 52.1 Å². The van der Waals surface area contributed by atoms with Gasteiger partial charge in [-0.2, -0.15) is 0 Å². The van der Waals surface area contributed by atoms with E-state index in [2.05, 4.69) is 4.74 Å². The van der Waals surface area contributed by atoms with Crippen LogP contribution in [0.2, 0.25) is 0 Å². The molecule has 1 fully saturated rings. The molecule has 0 saturated carbocycles. The molecule has 6 nitrogen and oxygen atoms in total. The van der Waals surface area contributed by atoms with Crippen LogP contribution in [0.15, 0.2) is 0 Å². The van der Waals surface area contributed by atoms with Gasteiger partial charge in [0, 0.05) is 13.3 Å². The van der Waals surface area contributed by atoms with E-state index in [4.69, 9.17) is 4.74 Å².